The summed E-state index contributed by atoms with van der Waals surface area (Å²) in [4.78, 5) is 0. The van der Waals surface area contributed by atoms with E-state index in [0.29, 0.717) is 19.6 Å². The van der Waals surface area contributed by atoms with Crippen LogP contribution in [-0.4, -0.2) is 51.1 Å². The average Bonchev–Trinajstić information content (AvgIpc) is 2.82. The molecule has 19 heavy (non-hydrogen) atoms. The standard InChI is InChI=1S/C12H25N3O3S/c1-10-11(5-7-18-10)9-14-19(16,17)15-6-3-2-4-12(15)8-13/h10-12,14H,2-9,13H2,1H3. The molecule has 3 atom stereocenters. The van der Waals surface area contributed by atoms with Crippen molar-refractivity contribution >= 4 is 10.2 Å². The zero-order valence-corrected chi connectivity index (χ0v) is 12.4. The van der Waals surface area contributed by atoms with Crippen molar-refractivity contribution in [2.24, 2.45) is 11.7 Å². The topological polar surface area (TPSA) is 84.7 Å². The summed E-state index contributed by atoms with van der Waals surface area (Å²) in [5.74, 6) is 0.274. The Morgan fingerprint density at radius 3 is 2.79 bits per heavy atom. The van der Waals surface area contributed by atoms with Crippen LogP contribution in [0, 0.1) is 5.92 Å². The second-order valence-electron chi connectivity index (χ2n) is 5.47. The second-order valence-corrected chi connectivity index (χ2v) is 7.18. The van der Waals surface area contributed by atoms with Gasteiger partial charge in [-0.15, -0.1) is 0 Å². The van der Waals surface area contributed by atoms with E-state index in [-0.39, 0.29) is 18.1 Å². The molecule has 2 heterocycles. The van der Waals surface area contributed by atoms with Gasteiger partial charge >= 0.3 is 0 Å². The first-order valence-electron chi connectivity index (χ1n) is 7.12. The van der Waals surface area contributed by atoms with E-state index in [1.807, 2.05) is 6.92 Å². The fourth-order valence-corrected chi connectivity index (χ4v) is 4.41. The van der Waals surface area contributed by atoms with E-state index >= 15 is 0 Å². The Balaban J connectivity index is 1.93. The largest absolute Gasteiger partial charge is 0.378 e. The third kappa shape index (κ3) is 3.66. The Morgan fingerprint density at radius 1 is 1.37 bits per heavy atom. The van der Waals surface area contributed by atoms with Crippen LogP contribution in [0.3, 0.4) is 0 Å². The van der Waals surface area contributed by atoms with Crippen LogP contribution in [0.1, 0.15) is 32.6 Å². The quantitative estimate of drug-likeness (QED) is 0.750. The summed E-state index contributed by atoms with van der Waals surface area (Å²) in [5, 5.41) is 0. The molecule has 0 spiro atoms. The zero-order chi connectivity index (χ0) is 13.9. The first kappa shape index (κ1) is 15.2. The van der Waals surface area contributed by atoms with Gasteiger partial charge in [-0.25, -0.2) is 4.72 Å². The third-order valence-corrected chi connectivity index (χ3v) is 5.84. The molecular formula is C12H25N3O3S. The molecule has 0 aliphatic carbocycles. The fourth-order valence-electron chi connectivity index (χ4n) is 2.87. The molecule has 0 aromatic carbocycles. The normalized spacial score (nSPS) is 33.7. The molecule has 0 amide bonds. The third-order valence-electron chi connectivity index (χ3n) is 4.22. The lowest BCUT2D eigenvalue weighted by molar-refractivity contribution is 0.106. The van der Waals surface area contributed by atoms with Gasteiger partial charge in [0, 0.05) is 38.2 Å². The van der Waals surface area contributed by atoms with Crippen molar-refractivity contribution < 1.29 is 13.2 Å². The maximum Gasteiger partial charge on any atom is 0.279 e. The molecule has 7 heteroatoms. The average molecular weight is 291 g/mol. The molecule has 0 aromatic heterocycles. The summed E-state index contributed by atoms with van der Waals surface area (Å²) in [7, 11) is -3.41. The van der Waals surface area contributed by atoms with Gasteiger partial charge in [-0.1, -0.05) is 6.42 Å². The van der Waals surface area contributed by atoms with E-state index in [9.17, 15) is 8.42 Å². The Labute approximate surface area is 115 Å². The van der Waals surface area contributed by atoms with E-state index in [1.165, 1.54) is 4.31 Å². The molecule has 6 nitrogen and oxygen atoms in total. The highest BCUT2D eigenvalue weighted by molar-refractivity contribution is 7.87. The van der Waals surface area contributed by atoms with Crippen LogP contribution < -0.4 is 10.5 Å². The molecule has 2 rings (SSSR count). The lowest BCUT2D eigenvalue weighted by atomic mass is 10.0. The van der Waals surface area contributed by atoms with Crippen molar-refractivity contribution in [1.29, 1.82) is 0 Å². The van der Waals surface area contributed by atoms with Crippen LogP contribution in [0.15, 0.2) is 0 Å². The number of rotatable bonds is 5. The van der Waals surface area contributed by atoms with Gasteiger partial charge in [0.05, 0.1) is 6.10 Å². The van der Waals surface area contributed by atoms with Gasteiger partial charge in [-0.3, -0.25) is 0 Å². The molecule has 3 N–H and O–H groups in total. The van der Waals surface area contributed by atoms with E-state index in [2.05, 4.69) is 4.72 Å². The number of nitrogens with two attached hydrogens (primary N) is 1. The van der Waals surface area contributed by atoms with Crippen molar-refractivity contribution in [2.45, 2.75) is 44.8 Å². The van der Waals surface area contributed by atoms with Crippen molar-refractivity contribution in [3.63, 3.8) is 0 Å². The summed E-state index contributed by atoms with van der Waals surface area (Å²) >= 11 is 0. The predicted molar refractivity (Wildman–Crippen MR) is 73.8 cm³/mol. The molecule has 0 aromatic rings. The smallest absolute Gasteiger partial charge is 0.279 e. The molecule has 2 saturated heterocycles. The van der Waals surface area contributed by atoms with E-state index in [1.54, 1.807) is 0 Å². The summed E-state index contributed by atoms with van der Waals surface area (Å²) in [6.07, 6.45) is 3.89. The second kappa shape index (κ2) is 6.49. The van der Waals surface area contributed by atoms with Crippen LogP contribution in [-0.2, 0) is 14.9 Å². The van der Waals surface area contributed by atoms with Gasteiger partial charge in [0.2, 0.25) is 0 Å². The number of ether oxygens (including phenoxy) is 1. The van der Waals surface area contributed by atoms with Crippen LogP contribution in [0.2, 0.25) is 0 Å². The minimum atomic E-state index is -3.41. The van der Waals surface area contributed by atoms with Gasteiger partial charge in [0.15, 0.2) is 0 Å². The lowest BCUT2D eigenvalue weighted by Crippen LogP contribution is -2.52. The van der Waals surface area contributed by atoms with Crippen molar-refractivity contribution in [3.8, 4) is 0 Å². The van der Waals surface area contributed by atoms with Crippen molar-refractivity contribution in [3.05, 3.63) is 0 Å². The molecule has 0 saturated carbocycles. The summed E-state index contributed by atoms with van der Waals surface area (Å²) in [5.41, 5.74) is 5.68. The predicted octanol–water partition coefficient (Wildman–Crippen LogP) is 0.0590. The molecule has 2 fully saturated rings. The number of nitrogens with one attached hydrogen (secondary N) is 1. The Bertz CT molecular complexity index is 388. The van der Waals surface area contributed by atoms with Gasteiger partial charge in [0.1, 0.15) is 0 Å². The van der Waals surface area contributed by atoms with Gasteiger partial charge in [-0.05, 0) is 26.2 Å². The molecule has 3 unspecified atom stereocenters. The number of nitrogens with zero attached hydrogens (tertiary/aromatic N) is 1. The minimum absolute atomic E-state index is 0.0523. The molecule has 112 valence electrons. The highest BCUT2D eigenvalue weighted by Gasteiger charge is 2.33. The number of hydrogen-bond acceptors (Lipinski definition) is 4. The summed E-state index contributed by atoms with van der Waals surface area (Å²) in [6.45, 7) is 4.15. The minimum Gasteiger partial charge on any atom is -0.378 e. The van der Waals surface area contributed by atoms with Crippen LogP contribution >= 0.6 is 0 Å². The summed E-state index contributed by atoms with van der Waals surface area (Å²) in [6, 6.07) is -0.0523. The van der Waals surface area contributed by atoms with Gasteiger partial charge in [-0.2, -0.15) is 12.7 Å². The zero-order valence-electron chi connectivity index (χ0n) is 11.5. The van der Waals surface area contributed by atoms with Crippen molar-refractivity contribution in [2.75, 3.05) is 26.2 Å². The van der Waals surface area contributed by atoms with E-state index in [0.717, 1.165) is 32.3 Å². The lowest BCUT2D eigenvalue weighted by Gasteiger charge is -2.34. The van der Waals surface area contributed by atoms with Crippen LogP contribution in [0.25, 0.3) is 0 Å². The Morgan fingerprint density at radius 2 is 2.16 bits per heavy atom. The maximum absolute atomic E-state index is 12.3. The van der Waals surface area contributed by atoms with E-state index in [4.69, 9.17) is 10.5 Å². The monoisotopic (exact) mass is 291 g/mol. The molecule has 0 radical (unpaired) electrons. The van der Waals surface area contributed by atoms with Crippen LogP contribution in [0.5, 0.6) is 0 Å². The molecule has 2 aliphatic heterocycles. The fraction of sp³-hybridized carbons (Fsp3) is 1.00. The SMILES string of the molecule is CC1OCCC1CNS(=O)(=O)N1CCCCC1CN. The number of hydrogen-bond donors (Lipinski definition) is 2. The highest BCUT2D eigenvalue weighted by atomic mass is 32.2. The molecule has 2 aliphatic rings. The first-order valence-corrected chi connectivity index (χ1v) is 8.56. The first-order chi connectivity index (χ1) is 9.04. The molecular weight excluding hydrogens is 266 g/mol. The van der Waals surface area contributed by atoms with Crippen LogP contribution in [0.4, 0.5) is 0 Å². The highest BCUT2D eigenvalue weighted by Crippen LogP contribution is 2.22. The van der Waals surface area contributed by atoms with Gasteiger partial charge in [0.25, 0.3) is 10.2 Å². The summed E-state index contributed by atoms with van der Waals surface area (Å²) < 4.78 is 34.4. The van der Waals surface area contributed by atoms with Gasteiger partial charge < -0.3 is 10.5 Å². The van der Waals surface area contributed by atoms with Crippen molar-refractivity contribution in [1.82, 2.24) is 9.03 Å². The maximum atomic E-state index is 12.3. The Hall–Kier alpha value is -0.210. The number of piperidine rings is 1. The Kier molecular flexibility index (Phi) is 5.19. The van der Waals surface area contributed by atoms with E-state index < -0.39 is 10.2 Å². The molecule has 0 bridgehead atoms.